The van der Waals surface area contributed by atoms with E-state index < -0.39 is 21.8 Å². The summed E-state index contributed by atoms with van der Waals surface area (Å²) in [4.78, 5) is 12.7. The smallest absolute Gasteiger partial charge is 0.317 e. The van der Waals surface area contributed by atoms with Gasteiger partial charge in [0.05, 0.1) is 6.54 Å². The molecule has 0 radical (unpaired) electrons. The number of nitrogens with zero attached hydrogens (tertiary/aromatic N) is 2. The average Bonchev–Trinajstić information content (AvgIpc) is 2.78. The molecule has 1 aliphatic heterocycles. The van der Waals surface area contributed by atoms with Crippen molar-refractivity contribution in [3.63, 3.8) is 0 Å². The van der Waals surface area contributed by atoms with Gasteiger partial charge in [0.2, 0.25) is 5.09 Å². The molecule has 1 unspecified atom stereocenters. The van der Waals surface area contributed by atoms with Crippen LogP contribution in [-0.4, -0.2) is 61.4 Å². The molecular weight excluding hydrogens is 375 g/mol. The number of halogens is 1. The quantitative estimate of drug-likeness (QED) is 0.832. The molecule has 1 aromatic carbocycles. The maximum absolute atomic E-state index is 13.5. The molecule has 1 aliphatic rings. The van der Waals surface area contributed by atoms with Gasteiger partial charge in [-0.1, -0.05) is 0 Å². The molecule has 0 amide bonds. The fraction of sp³-hybridized carbons (Fsp3) is 0.500. The zero-order chi connectivity index (χ0) is 19.8. The monoisotopic (exact) mass is 398 g/mol. The molecule has 1 saturated heterocycles. The minimum absolute atomic E-state index is 0.00664. The zero-order valence-corrected chi connectivity index (χ0v) is 16.1. The number of hydrogen-bond donors (Lipinski definition) is 1. The van der Waals surface area contributed by atoms with Crippen molar-refractivity contribution >= 4 is 27.0 Å². The molecule has 1 atom stereocenters. The van der Waals surface area contributed by atoms with Crippen LogP contribution in [0.4, 0.5) is 4.39 Å². The van der Waals surface area contributed by atoms with Crippen LogP contribution in [0, 0.1) is 12.7 Å². The van der Waals surface area contributed by atoms with Gasteiger partial charge < -0.3 is 9.52 Å². The minimum atomic E-state index is -3.85. The van der Waals surface area contributed by atoms with Crippen LogP contribution in [0.15, 0.2) is 27.7 Å². The first-order valence-electron chi connectivity index (χ1n) is 8.81. The lowest BCUT2D eigenvalue weighted by Crippen LogP contribution is -2.37. The number of sulfonamides is 1. The summed E-state index contributed by atoms with van der Waals surface area (Å²) in [6.45, 7) is 2.15. The Bertz CT molecular complexity index is 956. The van der Waals surface area contributed by atoms with Gasteiger partial charge in [0, 0.05) is 30.1 Å². The van der Waals surface area contributed by atoms with Crippen molar-refractivity contribution in [2.45, 2.75) is 37.3 Å². The predicted molar refractivity (Wildman–Crippen MR) is 97.6 cm³/mol. The first-order chi connectivity index (χ1) is 12.7. The van der Waals surface area contributed by atoms with E-state index in [1.807, 2.05) is 0 Å². The first-order valence-corrected chi connectivity index (χ1v) is 10.2. The van der Waals surface area contributed by atoms with Crippen molar-refractivity contribution in [2.24, 2.45) is 0 Å². The summed E-state index contributed by atoms with van der Waals surface area (Å²) >= 11 is 0. The van der Waals surface area contributed by atoms with E-state index in [0.717, 1.165) is 6.42 Å². The summed E-state index contributed by atoms with van der Waals surface area (Å²) in [5.41, 5.74) is 0.731. The molecule has 1 N–H and O–H groups in total. The second-order valence-corrected chi connectivity index (χ2v) is 8.79. The van der Waals surface area contributed by atoms with E-state index in [2.05, 4.69) is 0 Å². The number of furan rings is 1. The lowest BCUT2D eigenvalue weighted by Gasteiger charge is -2.25. The number of carbonyl (C=O) groups is 1. The van der Waals surface area contributed by atoms with Crippen LogP contribution in [0.2, 0.25) is 0 Å². The van der Waals surface area contributed by atoms with Gasteiger partial charge >= 0.3 is 5.97 Å². The molecule has 148 valence electrons. The van der Waals surface area contributed by atoms with Gasteiger partial charge in [-0.3, -0.25) is 9.69 Å². The number of aliphatic carboxylic acids is 1. The van der Waals surface area contributed by atoms with Crippen molar-refractivity contribution in [1.82, 2.24) is 9.21 Å². The fourth-order valence-corrected chi connectivity index (χ4v) is 5.25. The molecule has 3 rings (SSSR count). The molecule has 7 nitrogen and oxygen atoms in total. The number of rotatable bonds is 5. The lowest BCUT2D eigenvalue weighted by atomic mass is 10.1. The van der Waals surface area contributed by atoms with E-state index >= 15 is 0 Å². The molecule has 0 bridgehead atoms. The largest absolute Gasteiger partial charge is 0.480 e. The highest BCUT2D eigenvalue weighted by atomic mass is 32.2. The summed E-state index contributed by atoms with van der Waals surface area (Å²) < 4.78 is 46.6. The second-order valence-electron chi connectivity index (χ2n) is 6.95. The van der Waals surface area contributed by atoms with Crippen LogP contribution in [0.5, 0.6) is 0 Å². The summed E-state index contributed by atoms with van der Waals surface area (Å²) in [6.07, 6.45) is 1.89. The third kappa shape index (κ3) is 3.99. The molecule has 2 aromatic rings. The third-order valence-electron chi connectivity index (χ3n) is 5.09. The number of aryl methyl sites for hydroxylation is 1. The standard InChI is InChI=1S/C18H23FN2O5S/c1-12-15-10-13(19)5-6-16(15)26-18(12)27(24,25)21-8-3-4-14(7-9-21)20(2)11-17(22)23/h5-6,10,14H,3-4,7-9,11H2,1-2H3,(H,22,23). The second kappa shape index (κ2) is 7.57. The van der Waals surface area contributed by atoms with E-state index in [-0.39, 0.29) is 24.2 Å². The Morgan fingerprint density at radius 3 is 2.81 bits per heavy atom. The highest BCUT2D eigenvalue weighted by molar-refractivity contribution is 7.89. The van der Waals surface area contributed by atoms with E-state index in [1.165, 1.54) is 22.5 Å². The number of benzene rings is 1. The van der Waals surface area contributed by atoms with Gasteiger partial charge in [-0.25, -0.2) is 12.8 Å². The molecule has 0 saturated carbocycles. The fourth-order valence-electron chi connectivity index (χ4n) is 3.61. The maximum Gasteiger partial charge on any atom is 0.317 e. The van der Waals surface area contributed by atoms with E-state index in [9.17, 15) is 17.6 Å². The van der Waals surface area contributed by atoms with Crippen molar-refractivity contribution in [3.05, 3.63) is 29.6 Å². The van der Waals surface area contributed by atoms with Crippen molar-refractivity contribution in [3.8, 4) is 0 Å². The van der Waals surface area contributed by atoms with Gasteiger partial charge in [0.15, 0.2) is 0 Å². The molecule has 0 aliphatic carbocycles. The highest BCUT2D eigenvalue weighted by Gasteiger charge is 2.33. The van der Waals surface area contributed by atoms with Crippen molar-refractivity contribution < 1.29 is 27.1 Å². The van der Waals surface area contributed by atoms with E-state index in [0.29, 0.717) is 35.9 Å². The van der Waals surface area contributed by atoms with Gasteiger partial charge in [-0.2, -0.15) is 4.31 Å². The van der Waals surface area contributed by atoms with Crippen molar-refractivity contribution in [2.75, 3.05) is 26.7 Å². The van der Waals surface area contributed by atoms with Crippen LogP contribution < -0.4 is 0 Å². The Morgan fingerprint density at radius 1 is 1.37 bits per heavy atom. The maximum atomic E-state index is 13.5. The van der Waals surface area contributed by atoms with E-state index in [4.69, 9.17) is 9.52 Å². The first kappa shape index (κ1) is 19.8. The SMILES string of the molecule is Cc1c(S(=O)(=O)N2CCCC(N(C)CC(=O)O)CC2)oc2ccc(F)cc12. The molecular formula is C18H23FN2O5S. The third-order valence-corrected chi connectivity index (χ3v) is 7.00. The Balaban J connectivity index is 1.83. The van der Waals surface area contributed by atoms with Crippen LogP contribution in [0.3, 0.4) is 0 Å². The highest BCUT2D eigenvalue weighted by Crippen LogP contribution is 2.32. The molecule has 0 spiro atoms. The Kier molecular flexibility index (Phi) is 5.55. The summed E-state index contributed by atoms with van der Waals surface area (Å²) in [5.74, 6) is -1.36. The number of carboxylic acids is 1. The Morgan fingerprint density at radius 2 is 2.11 bits per heavy atom. The zero-order valence-electron chi connectivity index (χ0n) is 15.3. The topological polar surface area (TPSA) is 91.1 Å². The molecule has 1 aromatic heterocycles. The van der Waals surface area contributed by atoms with Gasteiger partial charge in [0.1, 0.15) is 11.4 Å². The van der Waals surface area contributed by atoms with Gasteiger partial charge in [0.25, 0.3) is 10.0 Å². The number of fused-ring (bicyclic) bond motifs is 1. The minimum Gasteiger partial charge on any atom is -0.480 e. The number of hydrogen-bond acceptors (Lipinski definition) is 5. The molecule has 1 fully saturated rings. The predicted octanol–water partition coefficient (Wildman–Crippen LogP) is 2.44. The molecule has 9 heteroatoms. The Labute approximate surface area is 157 Å². The van der Waals surface area contributed by atoms with Crippen molar-refractivity contribution in [1.29, 1.82) is 0 Å². The van der Waals surface area contributed by atoms with Crippen LogP contribution in [-0.2, 0) is 14.8 Å². The molecule has 27 heavy (non-hydrogen) atoms. The number of likely N-dealkylation sites (N-methyl/N-ethyl adjacent to an activating group) is 1. The van der Waals surface area contributed by atoms with Gasteiger partial charge in [-0.05, 0) is 51.4 Å². The summed E-state index contributed by atoms with van der Waals surface area (Å²) in [7, 11) is -2.12. The molecule has 2 heterocycles. The average molecular weight is 398 g/mol. The van der Waals surface area contributed by atoms with Crippen LogP contribution >= 0.6 is 0 Å². The Hall–Kier alpha value is -1.97. The van der Waals surface area contributed by atoms with E-state index in [1.54, 1.807) is 18.9 Å². The number of carboxylic acid groups (broad SMARTS) is 1. The summed E-state index contributed by atoms with van der Waals surface area (Å²) in [5, 5.41) is 9.24. The van der Waals surface area contributed by atoms with Crippen LogP contribution in [0.25, 0.3) is 11.0 Å². The van der Waals surface area contributed by atoms with Gasteiger partial charge in [-0.15, -0.1) is 0 Å². The summed E-state index contributed by atoms with van der Waals surface area (Å²) in [6, 6.07) is 3.94. The lowest BCUT2D eigenvalue weighted by molar-refractivity contribution is -0.138. The normalized spacial score (nSPS) is 19.5. The van der Waals surface area contributed by atoms with Crippen LogP contribution in [0.1, 0.15) is 24.8 Å².